The number of rotatable bonds is 8. The number of halogens is 1. The highest BCUT2D eigenvalue weighted by Crippen LogP contribution is 2.37. The average Bonchev–Trinajstić information content (AvgIpc) is 3.85. The number of aryl methyl sites for hydroxylation is 2. The number of likely N-dealkylation sites (N-methyl/N-ethyl adjacent to an activating group) is 1. The number of hydrogen-bond donors (Lipinski definition) is 3. The Bertz CT molecular complexity index is 2040. The molecule has 51 heavy (non-hydrogen) atoms. The topological polar surface area (TPSA) is 128 Å². The number of fused-ring (bicyclic) bond motifs is 3. The van der Waals surface area contributed by atoms with Gasteiger partial charge in [0.15, 0.2) is 0 Å². The van der Waals surface area contributed by atoms with E-state index in [2.05, 4.69) is 52.9 Å². The minimum Gasteiger partial charge on any atom is -0.461 e. The monoisotopic (exact) mass is 709 g/mol. The van der Waals surface area contributed by atoms with Crippen molar-refractivity contribution in [1.29, 1.82) is 0 Å². The Kier molecular flexibility index (Phi) is 11.1. The molecule has 10 nitrogen and oxygen atoms in total. The molecule has 3 atom stereocenters. The molecule has 5 aromatic rings. The van der Waals surface area contributed by atoms with Crippen LogP contribution in [-0.4, -0.2) is 78.2 Å². The van der Waals surface area contributed by atoms with Crippen molar-refractivity contribution < 1.29 is 23.6 Å². The molecule has 4 amide bonds. The third-order valence-corrected chi connectivity index (χ3v) is 10.1. The molecule has 2 aliphatic heterocycles. The standard InChI is InChI=1S/C31H32ClN5O5.C9H12/c1-17-7-19-8-18(3-6-27(19)42-17)31(41)37-14-21-13-36(16-25(24(21)15-37)30(40)35-12-28(38)33-2)29(39)9-20-11-34-26-10-22(32)4-5-23(20)26;1-2-6-9-7-4-3-5-8-9/h3-8,10-11,21,24-25,34H,9,12-16H2,1-2H3,(H,33,38)(H,35,40);3-5,7-8H,2,6H2,1H3. The zero-order valence-corrected chi connectivity index (χ0v) is 30.0. The quantitative estimate of drug-likeness (QED) is 0.189. The van der Waals surface area contributed by atoms with Gasteiger partial charge in [-0.15, -0.1) is 0 Å². The van der Waals surface area contributed by atoms with Crippen LogP contribution in [0.25, 0.3) is 21.9 Å². The van der Waals surface area contributed by atoms with Crippen LogP contribution in [0, 0.1) is 24.7 Å². The van der Waals surface area contributed by atoms with E-state index >= 15 is 0 Å². The van der Waals surface area contributed by atoms with Gasteiger partial charge in [-0.25, -0.2) is 0 Å². The van der Waals surface area contributed by atoms with Gasteiger partial charge in [-0.1, -0.05) is 61.3 Å². The fourth-order valence-corrected chi connectivity index (χ4v) is 7.49. The number of likely N-dealkylation sites (tertiary alicyclic amines) is 2. The van der Waals surface area contributed by atoms with Crippen molar-refractivity contribution >= 4 is 57.1 Å². The number of carbonyl (C=O) groups is 4. The number of H-pyrrole nitrogens is 1. The molecular formula is C40H44ClN5O5. The maximum absolute atomic E-state index is 13.6. The lowest BCUT2D eigenvalue weighted by Gasteiger charge is -2.39. The number of benzene rings is 3. The molecule has 2 saturated heterocycles. The molecular weight excluding hydrogens is 666 g/mol. The van der Waals surface area contributed by atoms with Crippen LogP contribution >= 0.6 is 11.6 Å². The summed E-state index contributed by atoms with van der Waals surface area (Å²) in [5.41, 5.74) is 4.42. The van der Waals surface area contributed by atoms with Crippen LogP contribution < -0.4 is 10.6 Å². The van der Waals surface area contributed by atoms with E-state index in [-0.39, 0.29) is 55.0 Å². The summed E-state index contributed by atoms with van der Waals surface area (Å²) in [7, 11) is 1.51. The third kappa shape index (κ3) is 8.28. The predicted octanol–water partition coefficient (Wildman–Crippen LogP) is 5.77. The van der Waals surface area contributed by atoms with Crippen LogP contribution in [0.15, 0.2) is 83.4 Å². The number of hydrogen-bond acceptors (Lipinski definition) is 5. The highest BCUT2D eigenvalue weighted by atomic mass is 35.5. The minimum absolute atomic E-state index is 0.0796. The van der Waals surface area contributed by atoms with Crippen LogP contribution in [0.1, 0.15) is 40.6 Å². The van der Waals surface area contributed by atoms with Gasteiger partial charge in [-0.2, -0.15) is 0 Å². The molecule has 3 N–H and O–H groups in total. The number of furan rings is 1. The van der Waals surface area contributed by atoms with Gasteiger partial charge in [0.2, 0.25) is 17.7 Å². The predicted molar refractivity (Wildman–Crippen MR) is 198 cm³/mol. The van der Waals surface area contributed by atoms with Crippen molar-refractivity contribution in [2.45, 2.75) is 33.1 Å². The van der Waals surface area contributed by atoms with Gasteiger partial charge in [0, 0.05) is 66.3 Å². The number of aromatic amines is 1. The normalized spacial score (nSPS) is 18.2. The summed E-state index contributed by atoms with van der Waals surface area (Å²) < 4.78 is 5.65. The summed E-state index contributed by atoms with van der Waals surface area (Å²) in [6.07, 6.45) is 4.43. The summed E-state index contributed by atoms with van der Waals surface area (Å²) in [4.78, 5) is 59.1. The SMILES string of the molecule is CCCc1ccccc1.CNC(=O)CNC(=O)C1CN(C(=O)Cc2c[nH]c3cc(Cl)ccc23)CC2CN(C(=O)c3ccc4oc(C)cc4c3)CC21. The fourth-order valence-electron chi connectivity index (χ4n) is 7.31. The Morgan fingerprint density at radius 1 is 0.941 bits per heavy atom. The molecule has 3 unspecified atom stereocenters. The molecule has 0 aliphatic carbocycles. The summed E-state index contributed by atoms with van der Waals surface area (Å²) >= 11 is 6.12. The maximum atomic E-state index is 13.6. The molecule has 2 aromatic heterocycles. The summed E-state index contributed by atoms with van der Waals surface area (Å²) in [6, 6.07) is 23.4. The largest absolute Gasteiger partial charge is 0.461 e. The van der Waals surface area contributed by atoms with E-state index in [1.165, 1.54) is 25.5 Å². The Morgan fingerprint density at radius 3 is 2.49 bits per heavy atom. The smallest absolute Gasteiger partial charge is 0.253 e. The lowest BCUT2D eigenvalue weighted by atomic mass is 9.79. The Balaban J connectivity index is 0.000000435. The van der Waals surface area contributed by atoms with Crippen molar-refractivity contribution in [3.63, 3.8) is 0 Å². The van der Waals surface area contributed by atoms with Gasteiger partial charge in [0.1, 0.15) is 11.3 Å². The second-order valence-electron chi connectivity index (χ2n) is 13.5. The van der Waals surface area contributed by atoms with Crippen molar-refractivity contribution in [2.24, 2.45) is 17.8 Å². The maximum Gasteiger partial charge on any atom is 0.253 e. The molecule has 0 bridgehead atoms. The van der Waals surface area contributed by atoms with E-state index in [1.54, 1.807) is 28.0 Å². The number of nitrogens with one attached hydrogen (secondary N) is 3. The van der Waals surface area contributed by atoms with Crippen LogP contribution in [0.5, 0.6) is 0 Å². The Labute approximate surface area is 302 Å². The minimum atomic E-state index is -0.559. The van der Waals surface area contributed by atoms with Crippen molar-refractivity contribution in [2.75, 3.05) is 39.8 Å². The van der Waals surface area contributed by atoms with Gasteiger partial charge in [0.25, 0.3) is 5.91 Å². The van der Waals surface area contributed by atoms with Crippen LogP contribution in [0.4, 0.5) is 0 Å². The summed E-state index contributed by atoms with van der Waals surface area (Å²) in [5.74, 6) is -0.830. The number of nitrogens with zero attached hydrogens (tertiary/aromatic N) is 2. The lowest BCUT2D eigenvalue weighted by Crippen LogP contribution is -2.54. The number of carbonyl (C=O) groups excluding carboxylic acids is 4. The van der Waals surface area contributed by atoms with Crippen LogP contribution in [0.3, 0.4) is 0 Å². The van der Waals surface area contributed by atoms with E-state index < -0.39 is 5.92 Å². The van der Waals surface area contributed by atoms with Crippen molar-refractivity contribution in [3.05, 3.63) is 106 Å². The molecule has 266 valence electrons. The fraction of sp³-hybridized carbons (Fsp3) is 0.350. The second-order valence-corrected chi connectivity index (χ2v) is 13.9. The first-order valence-electron chi connectivity index (χ1n) is 17.5. The molecule has 7 rings (SSSR count). The zero-order valence-electron chi connectivity index (χ0n) is 29.2. The van der Waals surface area contributed by atoms with E-state index in [1.807, 2.05) is 37.4 Å². The first kappa shape index (κ1) is 35.7. The van der Waals surface area contributed by atoms with Gasteiger partial charge < -0.3 is 29.8 Å². The molecule has 0 radical (unpaired) electrons. The summed E-state index contributed by atoms with van der Waals surface area (Å²) in [5, 5.41) is 7.62. The molecule has 4 heterocycles. The number of aromatic nitrogens is 1. The van der Waals surface area contributed by atoms with E-state index in [0.717, 1.165) is 33.2 Å². The van der Waals surface area contributed by atoms with Crippen molar-refractivity contribution in [1.82, 2.24) is 25.4 Å². The molecule has 0 saturated carbocycles. The second kappa shape index (κ2) is 15.9. The van der Waals surface area contributed by atoms with Gasteiger partial charge >= 0.3 is 0 Å². The average molecular weight is 710 g/mol. The molecule has 3 aromatic carbocycles. The lowest BCUT2D eigenvalue weighted by molar-refractivity contribution is -0.139. The molecule has 2 aliphatic rings. The number of amides is 4. The summed E-state index contributed by atoms with van der Waals surface area (Å²) in [6.45, 7) is 5.41. The zero-order chi connectivity index (χ0) is 36.1. The molecule has 11 heteroatoms. The van der Waals surface area contributed by atoms with Crippen LogP contribution in [0.2, 0.25) is 5.02 Å². The Hall–Kier alpha value is -5.09. The van der Waals surface area contributed by atoms with E-state index in [4.69, 9.17) is 16.0 Å². The Morgan fingerprint density at radius 2 is 1.73 bits per heavy atom. The van der Waals surface area contributed by atoms with Crippen LogP contribution in [-0.2, 0) is 27.2 Å². The van der Waals surface area contributed by atoms with Gasteiger partial charge in [-0.3, -0.25) is 19.2 Å². The van der Waals surface area contributed by atoms with E-state index in [9.17, 15) is 19.2 Å². The molecule has 2 fully saturated rings. The highest BCUT2D eigenvalue weighted by Gasteiger charge is 2.47. The molecule has 0 spiro atoms. The van der Waals surface area contributed by atoms with Gasteiger partial charge in [0.05, 0.1) is 18.9 Å². The van der Waals surface area contributed by atoms with Crippen molar-refractivity contribution in [3.8, 4) is 0 Å². The van der Waals surface area contributed by atoms with E-state index in [0.29, 0.717) is 30.2 Å². The third-order valence-electron chi connectivity index (χ3n) is 9.90. The highest BCUT2D eigenvalue weighted by molar-refractivity contribution is 6.31. The number of piperidine rings is 1. The first-order valence-corrected chi connectivity index (χ1v) is 17.9. The first-order chi connectivity index (χ1) is 24.6. The van der Waals surface area contributed by atoms with Gasteiger partial charge in [-0.05, 0) is 72.7 Å².